The van der Waals surface area contributed by atoms with Gasteiger partial charge in [-0.3, -0.25) is 4.79 Å². The van der Waals surface area contributed by atoms with E-state index in [1.165, 1.54) is 12.8 Å². The van der Waals surface area contributed by atoms with Crippen molar-refractivity contribution in [1.82, 2.24) is 15.2 Å². The van der Waals surface area contributed by atoms with E-state index in [1.54, 1.807) is 6.07 Å². The number of nitrogens with zero attached hydrogens (tertiary/aromatic N) is 2. The Bertz CT molecular complexity index is 415. The van der Waals surface area contributed by atoms with E-state index >= 15 is 0 Å². The summed E-state index contributed by atoms with van der Waals surface area (Å²) < 4.78 is 0. The van der Waals surface area contributed by atoms with E-state index in [4.69, 9.17) is 0 Å². The molecule has 98 valence electrons. The third-order valence-corrected chi connectivity index (χ3v) is 2.76. The predicted octanol–water partition coefficient (Wildman–Crippen LogP) is 0.947. The lowest BCUT2D eigenvalue weighted by Gasteiger charge is -2.10. The number of hydrogen-bond acceptors (Lipinski definition) is 4. The highest BCUT2D eigenvalue weighted by Crippen LogP contribution is 2.23. The number of anilines is 1. The van der Waals surface area contributed by atoms with Crippen molar-refractivity contribution in [1.29, 1.82) is 0 Å². The fourth-order valence-corrected chi connectivity index (χ4v) is 1.56. The fourth-order valence-electron chi connectivity index (χ4n) is 1.56. The van der Waals surface area contributed by atoms with Crippen molar-refractivity contribution < 1.29 is 4.79 Å². The van der Waals surface area contributed by atoms with Gasteiger partial charge in [-0.05, 0) is 39.1 Å². The highest BCUT2D eigenvalue weighted by Gasteiger charge is 2.21. The Morgan fingerprint density at radius 1 is 1.44 bits per heavy atom. The Morgan fingerprint density at radius 2 is 2.22 bits per heavy atom. The van der Waals surface area contributed by atoms with Crippen LogP contribution in [0, 0.1) is 0 Å². The van der Waals surface area contributed by atoms with Gasteiger partial charge >= 0.3 is 0 Å². The Morgan fingerprint density at radius 3 is 2.89 bits per heavy atom. The van der Waals surface area contributed by atoms with E-state index in [0.717, 1.165) is 12.4 Å². The zero-order valence-corrected chi connectivity index (χ0v) is 10.9. The third kappa shape index (κ3) is 4.00. The molecule has 1 aromatic rings. The lowest BCUT2D eigenvalue weighted by molar-refractivity contribution is 0.0946. The van der Waals surface area contributed by atoms with E-state index in [1.807, 2.05) is 31.1 Å². The van der Waals surface area contributed by atoms with E-state index in [9.17, 15) is 4.79 Å². The molecule has 2 N–H and O–H groups in total. The van der Waals surface area contributed by atoms with Crippen LogP contribution in [0.15, 0.2) is 18.2 Å². The van der Waals surface area contributed by atoms with Crippen LogP contribution in [0.3, 0.4) is 0 Å². The van der Waals surface area contributed by atoms with Crippen LogP contribution < -0.4 is 10.6 Å². The molecule has 0 aliphatic heterocycles. The molecule has 0 radical (unpaired) electrons. The summed E-state index contributed by atoms with van der Waals surface area (Å²) in [6.07, 6.45) is 2.39. The van der Waals surface area contributed by atoms with Gasteiger partial charge in [-0.1, -0.05) is 6.07 Å². The molecule has 5 heteroatoms. The molecule has 1 heterocycles. The topological polar surface area (TPSA) is 57.3 Å². The molecule has 18 heavy (non-hydrogen) atoms. The molecule has 1 saturated carbocycles. The first-order chi connectivity index (χ1) is 8.65. The number of pyridine rings is 1. The fraction of sp³-hybridized carbons (Fsp3) is 0.538. The maximum absolute atomic E-state index is 11.9. The molecule has 1 fully saturated rings. The first kappa shape index (κ1) is 12.8. The van der Waals surface area contributed by atoms with Gasteiger partial charge in [0, 0.05) is 19.1 Å². The second-order valence-corrected chi connectivity index (χ2v) is 4.89. The molecule has 1 aliphatic rings. The van der Waals surface area contributed by atoms with E-state index in [-0.39, 0.29) is 5.91 Å². The number of amides is 1. The van der Waals surface area contributed by atoms with E-state index in [2.05, 4.69) is 15.6 Å². The number of nitrogens with one attached hydrogen (secondary N) is 2. The van der Waals surface area contributed by atoms with Gasteiger partial charge in [0.05, 0.1) is 0 Å². The lowest BCUT2D eigenvalue weighted by Crippen LogP contribution is -2.31. The van der Waals surface area contributed by atoms with Crippen molar-refractivity contribution in [2.24, 2.45) is 0 Å². The minimum absolute atomic E-state index is 0.115. The van der Waals surface area contributed by atoms with Gasteiger partial charge in [-0.2, -0.15) is 0 Å². The molecule has 5 nitrogen and oxygen atoms in total. The van der Waals surface area contributed by atoms with Gasteiger partial charge in [0.15, 0.2) is 0 Å². The van der Waals surface area contributed by atoms with Crippen LogP contribution in [0.1, 0.15) is 23.3 Å². The van der Waals surface area contributed by atoms with Crippen molar-refractivity contribution in [2.45, 2.75) is 18.9 Å². The molecular weight excluding hydrogens is 228 g/mol. The largest absolute Gasteiger partial charge is 0.367 e. The maximum atomic E-state index is 11.9. The van der Waals surface area contributed by atoms with Crippen molar-refractivity contribution >= 4 is 11.7 Å². The van der Waals surface area contributed by atoms with Crippen molar-refractivity contribution in [2.75, 3.05) is 32.5 Å². The van der Waals surface area contributed by atoms with Gasteiger partial charge in [0.2, 0.25) is 0 Å². The van der Waals surface area contributed by atoms with Gasteiger partial charge in [-0.15, -0.1) is 0 Å². The van der Waals surface area contributed by atoms with Crippen LogP contribution in [0.2, 0.25) is 0 Å². The first-order valence-corrected chi connectivity index (χ1v) is 6.31. The Labute approximate surface area is 108 Å². The van der Waals surface area contributed by atoms with Crippen LogP contribution in [0.4, 0.5) is 5.82 Å². The van der Waals surface area contributed by atoms with Crippen molar-refractivity contribution in [3.05, 3.63) is 23.9 Å². The summed E-state index contributed by atoms with van der Waals surface area (Å²) in [6.45, 7) is 1.46. The van der Waals surface area contributed by atoms with Gasteiger partial charge in [0.25, 0.3) is 5.91 Å². The van der Waals surface area contributed by atoms with Crippen LogP contribution in [0.25, 0.3) is 0 Å². The summed E-state index contributed by atoms with van der Waals surface area (Å²) in [6, 6.07) is 6.04. The molecule has 0 spiro atoms. The Kier molecular flexibility index (Phi) is 4.15. The number of carbonyl (C=O) groups excluding carboxylic acids is 1. The Balaban J connectivity index is 1.88. The maximum Gasteiger partial charge on any atom is 0.270 e. The Hall–Kier alpha value is -1.62. The summed E-state index contributed by atoms with van der Waals surface area (Å²) >= 11 is 0. The van der Waals surface area contributed by atoms with Gasteiger partial charge in [0.1, 0.15) is 11.5 Å². The minimum atomic E-state index is -0.115. The minimum Gasteiger partial charge on any atom is -0.367 e. The normalized spacial score (nSPS) is 14.6. The predicted molar refractivity (Wildman–Crippen MR) is 71.8 cm³/mol. The second kappa shape index (κ2) is 5.82. The lowest BCUT2D eigenvalue weighted by atomic mass is 10.3. The number of likely N-dealkylation sites (N-methyl/N-ethyl adjacent to an activating group) is 1. The van der Waals surface area contributed by atoms with Crippen molar-refractivity contribution in [3.63, 3.8) is 0 Å². The molecular formula is C13H20N4O. The van der Waals surface area contributed by atoms with Crippen LogP contribution in [-0.4, -0.2) is 49.0 Å². The average Bonchev–Trinajstić information content (AvgIpc) is 3.13. The van der Waals surface area contributed by atoms with Crippen LogP contribution >= 0.6 is 0 Å². The molecule has 0 atom stereocenters. The van der Waals surface area contributed by atoms with Gasteiger partial charge in [-0.25, -0.2) is 4.98 Å². The first-order valence-electron chi connectivity index (χ1n) is 6.31. The van der Waals surface area contributed by atoms with Gasteiger partial charge < -0.3 is 15.5 Å². The standard InChI is InChI=1S/C13H20N4O/c1-17(2)9-8-14-13(18)11-4-3-5-12(16-11)15-10-6-7-10/h3-5,10H,6-9H2,1-2H3,(H,14,18)(H,15,16). The number of hydrogen-bond donors (Lipinski definition) is 2. The van der Waals surface area contributed by atoms with E-state index in [0.29, 0.717) is 18.3 Å². The molecule has 2 rings (SSSR count). The average molecular weight is 248 g/mol. The van der Waals surface area contributed by atoms with Crippen LogP contribution in [-0.2, 0) is 0 Å². The monoisotopic (exact) mass is 248 g/mol. The highest BCUT2D eigenvalue weighted by atomic mass is 16.1. The molecule has 0 saturated heterocycles. The quantitative estimate of drug-likeness (QED) is 0.787. The molecule has 0 unspecified atom stereocenters. The SMILES string of the molecule is CN(C)CCNC(=O)c1cccc(NC2CC2)n1. The van der Waals surface area contributed by atoms with Crippen LogP contribution in [0.5, 0.6) is 0 Å². The third-order valence-electron chi connectivity index (χ3n) is 2.76. The molecule has 1 aliphatic carbocycles. The zero-order valence-electron chi connectivity index (χ0n) is 10.9. The number of aromatic nitrogens is 1. The summed E-state index contributed by atoms with van der Waals surface area (Å²) in [5.41, 5.74) is 0.472. The summed E-state index contributed by atoms with van der Waals surface area (Å²) in [5, 5.41) is 6.14. The van der Waals surface area contributed by atoms with Crippen molar-refractivity contribution in [3.8, 4) is 0 Å². The molecule has 1 amide bonds. The molecule has 0 aromatic carbocycles. The highest BCUT2D eigenvalue weighted by molar-refractivity contribution is 5.92. The summed E-state index contributed by atoms with van der Waals surface area (Å²) in [5.74, 6) is 0.675. The second-order valence-electron chi connectivity index (χ2n) is 4.89. The summed E-state index contributed by atoms with van der Waals surface area (Å²) in [4.78, 5) is 18.2. The molecule has 0 bridgehead atoms. The zero-order chi connectivity index (χ0) is 13.0. The number of rotatable bonds is 6. The summed E-state index contributed by atoms with van der Waals surface area (Å²) in [7, 11) is 3.95. The van der Waals surface area contributed by atoms with E-state index < -0.39 is 0 Å². The smallest absolute Gasteiger partial charge is 0.270 e. The number of carbonyl (C=O) groups is 1. The molecule has 1 aromatic heterocycles.